The summed E-state index contributed by atoms with van der Waals surface area (Å²) in [5.74, 6) is -0.206. The largest absolute Gasteiger partial charge is 0.418 e. The van der Waals surface area contributed by atoms with Crippen LogP contribution in [0.25, 0.3) is 0 Å². The van der Waals surface area contributed by atoms with Crippen molar-refractivity contribution >= 4 is 11.6 Å². The third kappa shape index (κ3) is 2.65. The lowest BCUT2D eigenvalue weighted by Gasteiger charge is -2.31. The smallest absolute Gasteiger partial charge is 0.329 e. The highest BCUT2D eigenvalue weighted by atomic mass is 19.4. The van der Waals surface area contributed by atoms with Crippen LogP contribution in [-0.2, 0) is 11.0 Å². The molecule has 0 saturated carbocycles. The Labute approximate surface area is 108 Å². The fourth-order valence-corrected chi connectivity index (χ4v) is 2.14. The molecule has 0 atom stereocenters. The minimum atomic E-state index is -4.45. The fraction of sp³-hybridized carbons (Fsp3) is 0.417. The van der Waals surface area contributed by atoms with Crippen LogP contribution in [0, 0.1) is 0 Å². The molecule has 0 spiro atoms. The number of hydrogen-bond acceptors (Lipinski definition) is 3. The van der Waals surface area contributed by atoms with Gasteiger partial charge in [0, 0.05) is 19.5 Å². The normalized spacial score (nSPS) is 16.3. The van der Waals surface area contributed by atoms with Gasteiger partial charge in [0.2, 0.25) is 5.91 Å². The molecule has 7 heteroatoms. The summed E-state index contributed by atoms with van der Waals surface area (Å²) < 4.78 is 38.9. The number of para-hydroxylation sites is 1. The van der Waals surface area contributed by atoms with Crippen molar-refractivity contribution in [1.82, 2.24) is 5.01 Å². The highest BCUT2D eigenvalue weighted by molar-refractivity contribution is 5.82. The molecule has 1 aliphatic heterocycles. The number of nitrogens with zero attached hydrogens (tertiary/aromatic N) is 2. The maximum absolute atomic E-state index is 13.0. The van der Waals surface area contributed by atoms with E-state index >= 15 is 0 Å². The highest BCUT2D eigenvalue weighted by Gasteiger charge is 2.38. The quantitative estimate of drug-likeness (QED) is 0.910. The average molecular weight is 273 g/mol. The second-order valence-corrected chi connectivity index (χ2v) is 4.19. The number of amides is 1. The first kappa shape index (κ1) is 13.7. The molecule has 1 saturated heterocycles. The molecule has 1 fully saturated rings. The van der Waals surface area contributed by atoms with Gasteiger partial charge in [0.05, 0.1) is 17.8 Å². The molecule has 2 rings (SSSR count). The maximum atomic E-state index is 13.0. The third-order valence-corrected chi connectivity index (χ3v) is 2.95. The van der Waals surface area contributed by atoms with Gasteiger partial charge in [-0.05, 0) is 12.1 Å². The number of nitrogens with two attached hydrogens (primary N) is 1. The first-order valence-electron chi connectivity index (χ1n) is 5.89. The van der Waals surface area contributed by atoms with E-state index < -0.39 is 11.7 Å². The van der Waals surface area contributed by atoms with Crippen molar-refractivity contribution in [3.05, 3.63) is 29.8 Å². The summed E-state index contributed by atoms with van der Waals surface area (Å²) in [6.07, 6.45) is -4.25. The predicted molar refractivity (Wildman–Crippen MR) is 64.2 cm³/mol. The predicted octanol–water partition coefficient (Wildman–Crippen LogP) is 1.62. The molecule has 1 aliphatic rings. The van der Waals surface area contributed by atoms with Crippen LogP contribution in [0.15, 0.2) is 24.3 Å². The van der Waals surface area contributed by atoms with Gasteiger partial charge >= 0.3 is 6.18 Å². The summed E-state index contributed by atoms with van der Waals surface area (Å²) in [6.45, 7) is 0.660. The Morgan fingerprint density at radius 3 is 2.58 bits per heavy atom. The van der Waals surface area contributed by atoms with E-state index in [-0.39, 0.29) is 37.6 Å². The van der Waals surface area contributed by atoms with Gasteiger partial charge in [0.25, 0.3) is 0 Å². The van der Waals surface area contributed by atoms with Crippen molar-refractivity contribution in [3.8, 4) is 0 Å². The van der Waals surface area contributed by atoms with E-state index in [0.29, 0.717) is 0 Å². The Kier molecular flexibility index (Phi) is 3.66. The van der Waals surface area contributed by atoms with Crippen molar-refractivity contribution < 1.29 is 18.0 Å². The molecule has 0 aromatic heterocycles. The molecule has 1 heterocycles. The van der Waals surface area contributed by atoms with Crippen molar-refractivity contribution in [3.63, 3.8) is 0 Å². The van der Waals surface area contributed by atoms with Crippen LogP contribution < -0.4 is 10.7 Å². The van der Waals surface area contributed by atoms with Crippen LogP contribution in [0.3, 0.4) is 0 Å². The Morgan fingerprint density at radius 2 is 1.95 bits per heavy atom. The van der Waals surface area contributed by atoms with E-state index in [2.05, 4.69) is 0 Å². The zero-order valence-corrected chi connectivity index (χ0v) is 10.2. The Hall–Kier alpha value is -1.76. The van der Waals surface area contributed by atoms with Crippen LogP contribution in [0.4, 0.5) is 18.9 Å². The number of carbonyl (C=O) groups excluding carboxylic acids is 1. The number of carbonyl (C=O) groups is 1. The summed E-state index contributed by atoms with van der Waals surface area (Å²) in [4.78, 5) is 11.7. The van der Waals surface area contributed by atoms with Gasteiger partial charge in [-0.2, -0.15) is 13.2 Å². The molecule has 1 amide bonds. The van der Waals surface area contributed by atoms with Crippen LogP contribution >= 0.6 is 0 Å². The van der Waals surface area contributed by atoms with Crippen molar-refractivity contribution in [1.29, 1.82) is 0 Å². The Balaban J connectivity index is 2.39. The Bertz CT molecular complexity index is 476. The summed E-state index contributed by atoms with van der Waals surface area (Å²) in [5, 5.41) is 2.64. The summed E-state index contributed by atoms with van der Waals surface area (Å²) in [6, 6.07) is 5.23. The van der Waals surface area contributed by atoms with Crippen LogP contribution in [0.5, 0.6) is 0 Å². The average Bonchev–Trinajstić information content (AvgIpc) is 2.71. The van der Waals surface area contributed by atoms with Crippen LogP contribution in [0.2, 0.25) is 0 Å². The minimum absolute atomic E-state index is 0.00528. The zero-order valence-electron chi connectivity index (χ0n) is 10.2. The van der Waals surface area contributed by atoms with Crippen LogP contribution in [-0.4, -0.2) is 30.6 Å². The van der Waals surface area contributed by atoms with Crippen LogP contribution in [0.1, 0.15) is 12.0 Å². The first-order chi connectivity index (χ1) is 8.95. The second kappa shape index (κ2) is 5.08. The van der Waals surface area contributed by atoms with Crippen molar-refractivity contribution in [2.45, 2.75) is 12.6 Å². The summed E-state index contributed by atoms with van der Waals surface area (Å²) in [5.41, 5.74) is 4.64. The van der Waals surface area contributed by atoms with Gasteiger partial charge in [-0.15, -0.1) is 0 Å². The zero-order chi connectivity index (χ0) is 14.0. The number of benzene rings is 1. The lowest BCUT2D eigenvalue weighted by atomic mass is 10.1. The van der Waals surface area contributed by atoms with Crippen molar-refractivity contribution in [2.75, 3.05) is 24.6 Å². The van der Waals surface area contributed by atoms with E-state index in [4.69, 9.17) is 5.73 Å². The molecule has 19 heavy (non-hydrogen) atoms. The molecule has 0 bridgehead atoms. The van der Waals surface area contributed by atoms with Crippen molar-refractivity contribution in [2.24, 2.45) is 5.73 Å². The molecule has 0 unspecified atom stereocenters. The second-order valence-electron chi connectivity index (χ2n) is 4.19. The molecule has 2 N–H and O–H groups in total. The topological polar surface area (TPSA) is 49.6 Å². The van der Waals surface area contributed by atoms with Gasteiger partial charge < -0.3 is 5.73 Å². The van der Waals surface area contributed by atoms with E-state index in [1.165, 1.54) is 28.2 Å². The van der Waals surface area contributed by atoms with E-state index in [1.807, 2.05) is 0 Å². The van der Waals surface area contributed by atoms with Gasteiger partial charge in [-0.25, -0.2) is 0 Å². The molecule has 104 valence electrons. The number of halogens is 3. The minimum Gasteiger partial charge on any atom is -0.329 e. The number of hydrazine groups is 1. The maximum Gasteiger partial charge on any atom is 0.418 e. The number of anilines is 1. The van der Waals surface area contributed by atoms with Gasteiger partial charge in [0.15, 0.2) is 0 Å². The lowest BCUT2D eigenvalue weighted by Crippen LogP contribution is -2.42. The Morgan fingerprint density at radius 1 is 1.26 bits per heavy atom. The molecule has 1 aromatic rings. The molecular formula is C12H14F3N3O. The monoisotopic (exact) mass is 273 g/mol. The summed E-state index contributed by atoms with van der Waals surface area (Å²) >= 11 is 0. The SMILES string of the molecule is NCCN1C(=O)CCN1c1ccccc1C(F)(F)F. The summed E-state index contributed by atoms with van der Waals surface area (Å²) in [7, 11) is 0. The molecular weight excluding hydrogens is 259 g/mol. The molecule has 1 aromatic carbocycles. The van der Waals surface area contributed by atoms with E-state index in [1.54, 1.807) is 0 Å². The van der Waals surface area contributed by atoms with Gasteiger partial charge in [-0.3, -0.25) is 14.8 Å². The van der Waals surface area contributed by atoms with E-state index in [0.717, 1.165) is 6.07 Å². The molecule has 4 nitrogen and oxygen atoms in total. The standard InChI is InChI=1S/C12H14F3N3O/c13-12(14,15)9-3-1-2-4-10(9)17-7-5-11(19)18(17)8-6-16/h1-4H,5-8,16H2. The lowest BCUT2D eigenvalue weighted by molar-refractivity contribution is -0.137. The number of alkyl halides is 3. The van der Waals surface area contributed by atoms with Gasteiger partial charge in [0.1, 0.15) is 0 Å². The molecule has 0 aliphatic carbocycles. The molecule has 0 radical (unpaired) electrons. The van der Waals surface area contributed by atoms with E-state index in [9.17, 15) is 18.0 Å². The number of hydrogen-bond donors (Lipinski definition) is 1. The number of rotatable bonds is 3. The van der Waals surface area contributed by atoms with Gasteiger partial charge in [-0.1, -0.05) is 12.1 Å². The fourth-order valence-electron chi connectivity index (χ4n) is 2.14. The first-order valence-corrected chi connectivity index (χ1v) is 5.89. The third-order valence-electron chi connectivity index (χ3n) is 2.95. The highest BCUT2D eigenvalue weighted by Crippen LogP contribution is 2.37.